The van der Waals surface area contributed by atoms with Crippen LogP contribution in [0.1, 0.15) is 11.1 Å². The normalized spacial score (nSPS) is 16.5. The Morgan fingerprint density at radius 1 is 1.48 bits per heavy atom. The van der Waals surface area contributed by atoms with Gasteiger partial charge >= 0.3 is 0 Å². The number of phenolic OH excluding ortho intramolecular Hbond substituents is 1. The molecule has 1 aromatic carbocycles. The number of piperazine rings is 1. The lowest BCUT2D eigenvalue weighted by Crippen LogP contribution is -2.50. The van der Waals surface area contributed by atoms with Crippen LogP contribution in [0.5, 0.6) is 5.75 Å². The molecule has 0 unspecified atom stereocenters. The third-order valence-corrected chi connectivity index (χ3v) is 3.59. The number of nitrogens with zero attached hydrogens (tertiary/aromatic N) is 1. The summed E-state index contributed by atoms with van der Waals surface area (Å²) in [6.45, 7) is 6.29. The van der Waals surface area contributed by atoms with E-state index < -0.39 is 6.10 Å². The van der Waals surface area contributed by atoms with E-state index in [0.717, 1.165) is 13.1 Å². The Balaban J connectivity index is 2.08. The number of benzene rings is 1. The average Bonchev–Trinajstić information content (AvgIpc) is 2.50. The third kappa shape index (κ3) is 3.65. The molecule has 0 saturated carbocycles. The Kier molecular flexibility index (Phi) is 5.04. The molecule has 0 aromatic heterocycles. The van der Waals surface area contributed by atoms with Crippen LogP contribution in [0, 0.1) is 0 Å². The molecule has 1 fully saturated rings. The van der Waals surface area contributed by atoms with Crippen molar-refractivity contribution in [2.75, 3.05) is 26.2 Å². The van der Waals surface area contributed by atoms with E-state index in [1.54, 1.807) is 17.0 Å². The number of aliphatic hydroxyl groups excluding tert-OH is 1. The summed E-state index contributed by atoms with van der Waals surface area (Å²) < 4.78 is 0. The molecule has 0 aliphatic carbocycles. The van der Waals surface area contributed by atoms with Gasteiger partial charge in [0, 0.05) is 38.2 Å². The quantitative estimate of drug-likeness (QED) is 0.631. The number of nitrogens with one attached hydrogen (secondary N) is 1. The molecule has 1 atom stereocenters. The molecule has 1 heterocycles. The molecule has 1 saturated heterocycles. The second kappa shape index (κ2) is 6.78. The number of rotatable bonds is 4. The van der Waals surface area contributed by atoms with Gasteiger partial charge in [-0.25, -0.2) is 0 Å². The van der Waals surface area contributed by atoms with Crippen molar-refractivity contribution < 1.29 is 15.0 Å². The number of carbonyl (C=O) groups excluding carboxylic acids is 1. The lowest BCUT2D eigenvalue weighted by molar-refractivity contribution is -0.140. The first-order valence-corrected chi connectivity index (χ1v) is 6.94. The average molecular weight is 286 g/mol. The van der Waals surface area contributed by atoms with Crippen LogP contribution in [0.2, 0.25) is 0 Å². The van der Waals surface area contributed by atoms with Crippen molar-refractivity contribution >= 4 is 25.3 Å². The molecule has 3 N–H and O–H groups in total. The zero-order valence-corrected chi connectivity index (χ0v) is 11.9. The van der Waals surface area contributed by atoms with Crippen molar-refractivity contribution in [3.05, 3.63) is 29.8 Å². The Morgan fingerprint density at radius 2 is 2.14 bits per heavy atom. The highest BCUT2D eigenvalue weighted by Crippen LogP contribution is 2.18. The summed E-state index contributed by atoms with van der Waals surface area (Å²) in [6.07, 6.45) is 0.540. The molecule has 1 aliphatic rings. The molecule has 0 spiro atoms. The molecule has 1 amide bonds. The van der Waals surface area contributed by atoms with E-state index in [4.69, 9.17) is 7.85 Å². The van der Waals surface area contributed by atoms with Crippen LogP contribution in [0.15, 0.2) is 18.7 Å². The van der Waals surface area contributed by atoms with Crippen molar-refractivity contribution in [3.63, 3.8) is 0 Å². The lowest BCUT2D eigenvalue weighted by atomic mass is 9.89. The van der Waals surface area contributed by atoms with Crippen LogP contribution in [0.4, 0.5) is 0 Å². The van der Waals surface area contributed by atoms with Crippen molar-refractivity contribution in [3.8, 4) is 5.75 Å². The predicted octanol–water partition coefficient (Wildman–Crippen LogP) is -0.836. The smallest absolute Gasteiger partial charge is 0.251 e. The summed E-state index contributed by atoms with van der Waals surface area (Å²) in [4.78, 5) is 13.8. The summed E-state index contributed by atoms with van der Waals surface area (Å²) in [5.74, 6) is -0.306. The third-order valence-electron chi connectivity index (χ3n) is 3.59. The molecular weight excluding hydrogens is 267 g/mol. The van der Waals surface area contributed by atoms with E-state index in [-0.39, 0.29) is 23.5 Å². The highest BCUT2D eigenvalue weighted by atomic mass is 16.3. The first-order valence-electron chi connectivity index (χ1n) is 6.94. The standard InChI is InChI=1S/C15H19BN2O3/c1-2-11-7-10(8-12(16)14(11)20)9-13(19)15(21)18-5-3-17-4-6-18/h2,7-8,13,17,19-20H,1,3-6,9H2/t13-/m1/s1. The minimum atomic E-state index is -1.11. The molecule has 110 valence electrons. The predicted molar refractivity (Wildman–Crippen MR) is 82.7 cm³/mol. The number of hydrogen-bond donors (Lipinski definition) is 3. The number of phenols is 1. The summed E-state index contributed by atoms with van der Waals surface area (Å²) >= 11 is 0. The summed E-state index contributed by atoms with van der Waals surface area (Å²) in [5, 5.41) is 23.0. The van der Waals surface area contributed by atoms with E-state index in [2.05, 4.69) is 11.9 Å². The van der Waals surface area contributed by atoms with Gasteiger partial charge in [-0.3, -0.25) is 4.79 Å². The Bertz CT molecular complexity index is 542. The second-order valence-corrected chi connectivity index (χ2v) is 5.12. The minimum absolute atomic E-state index is 0.0309. The highest BCUT2D eigenvalue weighted by molar-refractivity contribution is 6.34. The molecule has 0 bridgehead atoms. The fourth-order valence-corrected chi connectivity index (χ4v) is 2.42. The molecule has 1 aromatic rings. The Morgan fingerprint density at radius 3 is 2.76 bits per heavy atom. The monoisotopic (exact) mass is 286 g/mol. The minimum Gasteiger partial charge on any atom is -0.508 e. The van der Waals surface area contributed by atoms with E-state index in [0.29, 0.717) is 24.2 Å². The zero-order valence-electron chi connectivity index (χ0n) is 11.9. The van der Waals surface area contributed by atoms with Gasteiger partial charge in [-0.05, 0) is 11.6 Å². The molecule has 1 aliphatic heterocycles. The van der Waals surface area contributed by atoms with Gasteiger partial charge in [-0.1, -0.05) is 24.2 Å². The topological polar surface area (TPSA) is 72.8 Å². The van der Waals surface area contributed by atoms with Crippen molar-refractivity contribution in [1.29, 1.82) is 0 Å². The van der Waals surface area contributed by atoms with Gasteiger partial charge < -0.3 is 20.4 Å². The first kappa shape index (κ1) is 15.6. The fourth-order valence-electron chi connectivity index (χ4n) is 2.42. The van der Waals surface area contributed by atoms with E-state index in [9.17, 15) is 15.0 Å². The largest absolute Gasteiger partial charge is 0.508 e. The van der Waals surface area contributed by atoms with Crippen molar-refractivity contribution in [1.82, 2.24) is 10.2 Å². The van der Waals surface area contributed by atoms with Gasteiger partial charge in [0.05, 0.1) is 0 Å². The maximum Gasteiger partial charge on any atom is 0.251 e. The number of aliphatic hydroxyl groups is 1. The molecule has 2 rings (SSSR count). The van der Waals surface area contributed by atoms with Gasteiger partial charge in [0.2, 0.25) is 0 Å². The SMILES string of the molecule is [B]c1cc(C[C@@H](O)C(=O)N2CCNCC2)cc(C=C)c1O. The maximum atomic E-state index is 12.2. The summed E-state index contributed by atoms with van der Waals surface area (Å²) in [7, 11) is 5.71. The molecular formula is C15H19BN2O3. The lowest BCUT2D eigenvalue weighted by Gasteiger charge is -2.29. The number of carbonyl (C=O) groups is 1. The maximum absolute atomic E-state index is 12.2. The van der Waals surface area contributed by atoms with Gasteiger partial charge in [-0.15, -0.1) is 0 Å². The van der Waals surface area contributed by atoms with Crippen LogP contribution in [0.3, 0.4) is 0 Å². The van der Waals surface area contributed by atoms with Crippen LogP contribution in [0.25, 0.3) is 6.08 Å². The van der Waals surface area contributed by atoms with Gasteiger partial charge in [0.15, 0.2) is 0 Å². The number of aromatic hydroxyl groups is 1. The second-order valence-electron chi connectivity index (χ2n) is 5.12. The highest BCUT2D eigenvalue weighted by Gasteiger charge is 2.24. The van der Waals surface area contributed by atoms with Crippen LogP contribution in [-0.2, 0) is 11.2 Å². The van der Waals surface area contributed by atoms with Crippen LogP contribution >= 0.6 is 0 Å². The summed E-state index contributed by atoms with van der Waals surface area (Å²) in [5.41, 5.74) is 1.40. The van der Waals surface area contributed by atoms with Crippen LogP contribution in [-0.4, -0.2) is 61.1 Å². The van der Waals surface area contributed by atoms with Gasteiger partial charge in [0.25, 0.3) is 5.91 Å². The van der Waals surface area contributed by atoms with E-state index in [1.165, 1.54) is 6.08 Å². The summed E-state index contributed by atoms with van der Waals surface area (Å²) in [6, 6.07) is 3.24. The fraction of sp³-hybridized carbons (Fsp3) is 0.400. The number of hydrogen-bond acceptors (Lipinski definition) is 4. The van der Waals surface area contributed by atoms with E-state index in [1.807, 2.05) is 0 Å². The Labute approximate surface area is 125 Å². The molecule has 6 heteroatoms. The molecule has 21 heavy (non-hydrogen) atoms. The molecule has 2 radical (unpaired) electrons. The number of amides is 1. The molecule has 5 nitrogen and oxygen atoms in total. The Hall–Kier alpha value is -1.79. The van der Waals surface area contributed by atoms with Crippen LogP contribution < -0.4 is 10.8 Å². The van der Waals surface area contributed by atoms with Crippen molar-refractivity contribution in [2.24, 2.45) is 0 Å². The zero-order chi connectivity index (χ0) is 15.4. The van der Waals surface area contributed by atoms with Crippen molar-refractivity contribution in [2.45, 2.75) is 12.5 Å². The van der Waals surface area contributed by atoms with E-state index >= 15 is 0 Å². The first-order chi connectivity index (χ1) is 10.0. The van der Waals surface area contributed by atoms with Gasteiger partial charge in [-0.2, -0.15) is 0 Å². The van der Waals surface area contributed by atoms with Gasteiger partial charge in [0.1, 0.15) is 19.7 Å².